The Kier molecular flexibility index (Phi) is 6.03. The van der Waals surface area contributed by atoms with Crippen LogP contribution in [0.4, 0.5) is 11.5 Å². The number of para-hydroxylation sites is 1. The van der Waals surface area contributed by atoms with Crippen LogP contribution in [0.3, 0.4) is 0 Å². The largest absolute Gasteiger partial charge is 0.379 e. The molecule has 138 valence electrons. The summed E-state index contributed by atoms with van der Waals surface area (Å²) in [4.78, 5) is 6.65. The molecule has 1 fully saturated rings. The number of nitrogens with zero attached hydrogens (tertiary/aromatic N) is 4. The Balaban J connectivity index is 1.92. The lowest BCUT2D eigenvalue weighted by Gasteiger charge is -2.44. The van der Waals surface area contributed by atoms with Crippen LogP contribution in [0, 0.1) is 28.6 Å². The van der Waals surface area contributed by atoms with Crippen molar-refractivity contribution in [2.24, 2.45) is 5.92 Å². The molecule has 1 aromatic heterocycles. The zero-order valence-electron chi connectivity index (χ0n) is 15.4. The molecule has 0 amide bonds. The van der Waals surface area contributed by atoms with Crippen LogP contribution >= 0.6 is 0 Å². The molecule has 0 spiro atoms. The van der Waals surface area contributed by atoms with Gasteiger partial charge in [-0.3, -0.25) is 4.90 Å². The molecule has 6 heteroatoms. The standard InChI is InChI=1S/C21H23N5O/c1-17(9-10-22)21(16-23,26-11-13-27-14-12-26)18-7-8-20(24-15-18)25-19-5-3-2-4-6-19/h2-8,15,17H,9,11-14H2,1H3,(H,24,25). The van der Waals surface area contributed by atoms with Gasteiger partial charge in [0.05, 0.1) is 25.4 Å². The van der Waals surface area contributed by atoms with Crippen molar-refractivity contribution in [3.8, 4) is 12.1 Å². The minimum Gasteiger partial charge on any atom is -0.379 e. The van der Waals surface area contributed by atoms with Gasteiger partial charge in [0.25, 0.3) is 0 Å². The van der Waals surface area contributed by atoms with E-state index in [-0.39, 0.29) is 5.92 Å². The molecule has 0 bridgehead atoms. The van der Waals surface area contributed by atoms with Crippen molar-refractivity contribution in [3.63, 3.8) is 0 Å². The lowest BCUT2D eigenvalue weighted by atomic mass is 9.77. The molecule has 2 heterocycles. The summed E-state index contributed by atoms with van der Waals surface area (Å²) in [5.41, 5.74) is 0.876. The lowest BCUT2D eigenvalue weighted by molar-refractivity contribution is -0.0226. The minimum atomic E-state index is -0.891. The van der Waals surface area contributed by atoms with Crippen LogP contribution in [-0.2, 0) is 10.3 Å². The maximum atomic E-state index is 10.2. The number of morpholine rings is 1. The lowest BCUT2D eigenvalue weighted by Crippen LogP contribution is -2.54. The van der Waals surface area contributed by atoms with Gasteiger partial charge >= 0.3 is 0 Å². The summed E-state index contributed by atoms with van der Waals surface area (Å²) < 4.78 is 5.46. The zero-order chi connectivity index (χ0) is 19.1. The molecule has 0 radical (unpaired) electrons. The van der Waals surface area contributed by atoms with Gasteiger partial charge in [-0.25, -0.2) is 4.98 Å². The van der Waals surface area contributed by atoms with Crippen LogP contribution in [0.5, 0.6) is 0 Å². The van der Waals surface area contributed by atoms with Crippen molar-refractivity contribution < 1.29 is 4.74 Å². The summed E-state index contributed by atoms with van der Waals surface area (Å²) in [5.74, 6) is 0.562. The molecule has 27 heavy (non-hydrogen) atoms. The van der Waals surface area contributed by atoms with Gasteiger partial charge in [-0.1, -0.05) is 31.2 Å². The second-order valence-corrected chi connectivity index (χ2v) is 6.66. The molecule has 1 N–H and O–H groups in total. The fourth-order valence-electron chi connectivity index (χ4n) is 3.59. The summed E-state index contributed by atoms with van der Waals surface area (Å²) in [5, 5.41) is 22.7. The Morgan fingerprint density at radius 3 is 2.52 bits per heavy atom. The first-order chi connectivity index (χ1) is 13.2. The number of aromatic nitrogens is 1. The van der Waals surface area contributed by atoms with E-state index in [1.54, 1.807) is 6.20 Å². The van der Waals surface area contributed by atoms with Gasteiger partial charge in [-0.15, -0.1) is 0 Å². The summed E-state index contributed by atoms with van der Waals surface area (Å²) in [6.07, 6.45) is 2.05. The third-order valence-corrected chi connectivity index (χ3v) is 5.04. The molecule has 1 aliphatic rings. The summed E-state index contributed by atoms with van der Waals surface area (Å²) in [7, 11) is 0. The maximum Gasteiger partial charge on any atom is 0.139 e. The monoisotopic (exact) mass is 361 g/mol. The first-order valence-corrected chi connectivity index (χ1v) is 9.10. The van der Waals surface area contributed by atoms with Crippen molar-refractivity contribution in [1.82, 2.24) is 9.88 Å². The van der Waals surface area contributed by atoms with E-state index in [0.29, 0.717) is 38.5 Å². The van der Waals surface area contributed by atoms with Crippen molar-refractivity contribution in [3.05, 3.63) is 54.2 Å². The van der Waals surface area contributed by atoms with E-state index in [1.807, 2.05) is 49.4 Å². The van der Waals surface area contributed by atoms with Crippen LogP contribution in [0.1, 0.15) is 18.9 Å². The van der Waals surface area contributed by atoms with Gasteiger partial charge in [-0.05, 0) is 18.2 Å². The van der Waals surface area contributed by atoms with Gasteiger partial charge in [0.2, 0.25) is 0 Å². The maximum absolute atomic E-state index is 10.2. The normalized spacial score (nSPS) is 17.9. The average Bonchev–Trinajstić information content (AvgIpc) is 2.72. The molecule has 2 aromatic rings. The Morgan fingerprint density at radius 2 is 1.93 bits per heavy atom. The van der Waals surface area contributed by atoms with Crippen molar-refractivity contribution in [2.75, 3.05) is 31.6 Å². The smallest absolute Gasteiger partial charge is 0.139 e. The number of rotatable bonds is 6. The third kappa shape index (κ3) is 3.93. The molecule has 0 aliphatic carbocycles. The molecular formula is C21H23N5O. The summed E-state index contributed by atoms with van der Waals surface area (Å²) >= 11 is 0. The first-order valence-electron chi connectivity index (χ1n) is 9.10. The Morgan fingerprint density at radius 1 is 1.19 bits per heavy atom. The second-order valence-electron chi connectivity index (χ2n) is 6.66. The SMILES string of the molecule is CC(CC#N)C(C#N)(c1ccc(Nc2ccccc2)nc1)N1CCOCC1. The van der Waals surface area contributed by atoms with Crippen molar-refractivity contribution in [2.45, 2.75) is 18.9 Å². The highest BCUT2D eigenvalue weighted by Gasteiger charge is 2.44. The second kappa shape index (κ2) is 8.64. The number of benzene rings is 1. The van der Waals surface area contributed by atoms with E-state index >= 15 is 0 Å². The van der Waals surface area contributed by atoms with Crippen molar-refractivity contribution >= 4 is 11.5 Å². The van der Waals surface area contributed by atoms with Gasteiger partial charge in [0.1, 0.15) is 11.4 Å². The van der Waals surface area contributed by atoms with E-state index in [9.17, 15) is 10.5 Å². The predicted molar refractivity (Wildman–Crippen MR) is 103 cm³/mol. The van der Waals surface area contributed by atoms with Crippen LogP contribution in [-0.4, -0.2) is 36.2 Å². The summed E-state index contributed by atoms with van der Waals surface area (Å²) in [6.45, 7) is 4.45. The quantitative estimate of drug-likeness (QED) is 0.848. The number of nitrogens with one attached hydrogen (secondary N) is 1. The molecule has 1 aliphatic heterocycles. The highest BCUT2D eigenvalue weighted by Crippen LogP contribution is 2.38. The zero-order valence-corrected chi connectivity index (χ0v) is 15.4. The topological polar surface area (TPSA) is 85.0 Å². The van der Waals surface area contributed by atoms with Crippen molar-refractivity contribution in [1.29, 1.82) is 10.5 Å². The molecule has 3 rings (SSSR count). The number of hydrogen-bond donors (Lipinski definition) is 1. The third-order valence-electron chi connectivity index (χ3n) is 5.04. The number of pyridine rings is 1. The number of ether oxygens (including phenoxy) is 1. The van der Waals surface area contributed by atoms with E-state index in [1.165, 1.54) is 0 Å². The number of nitriles is 2. The molecular weight excluding hydrogens is 338 g/mol. The predicted octanol–water partition coefficient (Wildman–Crippen LogP) is 3.43. The van der Waals surface area contributed by atoms with Crippen LogP contribution in [0.2, 0.25) is 0 Å². The van der Waals surface area contributed by atoms with Crippen LogP contribution < -0.4 is 5.32 Å². The number of hydrogen-bond acceptors (Lipinski definition) is 6. The average molecular weight is 361 g/mol. The van der Waals surface area contributed by atoms with E-state index in [2.05, 4.69) is 27.3 Å². The number of anilines is 2. The van der Waals surface area contributed by atoms with E-state index in [0.717, 1.165) is 11.3 Å². The minimum absolute atomic E-state index is 0.152. The fourth-order valence-corrected chi connectivity index (χ4v) is 3.59. The van der Waals surface area contributed by atoms with E-state index < -0.39 is 5.54 Å². The van der Waals surface area contributed by atoms with Gasteiger partial charge in [-0.2, -0.15) is 10.5 Å². The molecule has 0 saturated carbocycles. The fraction of sp³-hybridized carbons (Fsp3) is 0.381. The van der Waals surface area contributed by atoms with E-state index in [4.69, 9.17) is 4.74 Å². The molecule has 1 saturated heterocycles. The summed E-state index contributed by atoms with van der Waals surface area (Å²) in [6, 6.07) is 18.4. The highest BCUT2D eigenvalue weighted by atomic mass is 16.5. The Labute approximate surface area is 160 Å². The molecule has 1 aromatic carbocycles. The Hall–Kier alpha value is -2.93. The highest BCUT2D eigenvalue weighted by molar-refractivity contribution is 5.56. The molecule has 2 atom stereocenters. The molecule has 6 nitrogen and oxygen atoms in total. The first kappa shape index (κ1) is 18.8. The van der Waals surface area contributed by atoms with Gasteiger partial charge < -0.3 is 10.1 Å². The van der Waals surface area contributed by atoms with Gasteiger partial charge in [0, 0.05) is 42.9 Å². The van der Waals surface area contributed by atoms with Gasteiger partial charge in [0.15, 0.2) is 0 Å². The van der Waals surface area contributed by atoms with Crippen LogP contribution in [0.15, 0.2) is 48.7 Å². The van der Waals surface area contributed by atoms with Crippen LogP contribution in [0.25, 0.3) is 0 Å². The molecule has 2 unspecified atom stereocenters. The Bertz CT molecular complexity index is 818.